The Balaban J connectivity index is 1.10. The van der Waals surface area contributed by atoms with Gasteiger partial charge in [0, 0.05) is 30.3 Å². The Morgan fingerprint density at radius 1 is 0.977 bits per heavy atom. The van der Waals surface area contributed by atoms with Gasteiger partial charge < -0.3 is 14.0 Å². The SMILES string of the molecule is COc1ccc(COc2c(F)cc(C(=O)CCC3CCC(c4nc(-c5ncc(C(F)(F)F)cn5)no4)CC3)cc2F)cc1. The second kappa shape index (κ2) is 12.8. The number of ketones is 1. The van der Waals surface area contributed by atoms with Crippen molar-refractivity contribution in [1.82, 2.24) is 20.1 Å². The smallest absolute Gasteiger partial charge is 0.419 e. The number of benzene rings is 2. The molecule has 226 valence electrons. The Bertz CT molecular complexity index is 1530. The summed E-state index contributed by atoms with van der Waals surface area (Å²) in [4.78, 5) is 24.4. The van der Waals surface area contributed by atoms with Gasteiger partial charge in [-0.3, -0.25) is 4.79 Å². The molecule has 2 heterocycles. The number of rotatable bonds is 10. The van der Waals surface area contributed by atoms with Crippen molar-refractivity contribution in [3.05, 3.63) is 83.0 Å². The molecule has 43 heavy (non-hydrogen) atoms. The summed E-state index contributed by atoms with van der Waals surface area (Å²) in [7, 11) is 1.53. The lowest BCUT2D eigenvalue weighted by Gasteiger charge is -2.26. The Morgan fingerprint density at radius 2 is 1.63 bits per heavy atom. The van der Waals surface area contributed by atoms with Crippen LogP contribution in [-0.4, -0.2) is 33.0 Å². The normalized spacial score (nSPS) is 17.1. The number of hydrogen-bond donors (Lipinski definition) is 0. The molecule has 1 saturated carbocycles. The molecule has 0 atom stereocenters. The minimum atomic E-state index is -4.55. The molecule has 0 amide bonds. The van der Waals surface area contributed by atoms with E-state index in [1.54, 1.807) is 24.3 Å². The quantitative estimate of drug-likeness (QED) is 0.137. The lowest BCUT2D eigenvalue weighted by atomic mass is 9.79. The van der Waals surface area contributed by atoms with Crippen molar-refractivity contribution in [1.29, 1.82) is 0 Å². The van der Waals surface area contributed by atoms with Crippen molar-refractivity contribution < 1.29 is 40.7 Å². The van der Waals surface area contributed by atoms with Gasteiger partial charge >= 0.3 is 6.18 Å². The van der Waals surface area contributed by atoms with E-state index >= 15 is 0 Å². The Morgan fingerprint density at radius 3 is 2.23 bits per heavy atom. The maximum atomic E-state index is 14.7. The molecule has 0 N–H and O–H groups in total. The zero-order valence-electron chi connectivity index (χ0n) is 23.0. The topological polar surface area (TPSA) is 100 Å². The number of carbonyl (C=O) groups is 1. The first-order valence-corrected chi connectivity index (χ1v) is 13.6. The van der Waals surface area contributed by atoms with Gasteiger partial charge in [0.25, 0.3) is 0 Å². The van der Waals surface area contributed by atoms with E-state index in [1.165, 1.54) is 7.11 Å². The summed E-state index contributed by atoms with van der Waals surface area (Å²) in [5.74, 6) is -1.68. The van der Waals surface area contributed by atoms with E-state index < -0.39 is 29.1 Å². The summed E-state index contributed by atoms with van der Waals surface area (Å²) in [6.07, 6.45) is 0.431. The van der Waals surface area contributed by atoms with Gasteiger partial charge in [-0.15, -0.1) is 0 Å². The van der Waals surface area contributed by atoms with E-state index in [1.807, 2.05) is 0 Å². The van der Waals surface area contributed by atoms with Gasteiger partial charge in [-0.2, -0.15) is 18.2 Å². The van der Waals surface area contributed by atoms with Crippen LogP contribution in [0.1, 0.15) is 71.8 Å². The van der Waals surface area contributed by atoms with Crippen molar-refractivity contribution in [3.63, 3.8) is 0 Å². The summed E-state index contributed by atoms with van der Waals surface area (Å²) in [6.45, 7) is -0.0540. The molecule has 8 nitrogen and oxygen atoms in total. The van der Waals surface area contributed by atoms with Crippen molar-refractivity contribution in [2.45, 2.75) is 57.2 Å². The molecule has 0 unspecified atom stereocenters. The number of carbonyl (C=O) groups excluding carboxylic acids is 1. The Kier molecular flexibility index (Phi) is 8.97. The molecule has 2 aromatic heterocycles. The highest BCUT2D eigenvalue weighted by molar-refractivity contribution is 5.96. The van der Waals surface area contributed by atoms with Crippen LogP contribution in [0.15, 0.2) is 53.3 Å². The van der Waals surface area contributed by atoms with E-state index in [2.05, 4.69) is 20.1 Å². The highest BCUT2D eigenvalue weighted by Gasteiger charge is 2.32. The molecule has 4 aromatic rings. The van der Waals surface area contributed by atoms with E-state index in [9.17, 15) is 26.7 Å². The first kappa shape index (κ1) is 30.1. The van der Waals surface area contributed by atoms with Crippen LogP contribution >= 0.6 is 0 Å². The zero-order chi connectivity index (χ0) is 30.6. The molecule has 0 aliphatic heterocycles. The fraction of sp³-hybridized carbons (Fsp3) is 0.367. The van der Waals surface area contributed by atoms with E-state index in [0.717, 1.165) is 25.0 Å². The van der Waals surface area contributed by atoms with Gasteiger partial charge in [-0.05, 0) is 67.9 Å². The Labute approximate surface area is 243 Å². The maximum Gasteiger partial charge on any atom is 0.419 e. The fourth-order valence-electron chi connectivity index (χ4n) is 5.00. The molecular formula is C30H27F5N4O4. The number of alkyl halides is 3. The average Bonchev–Trinajstić information content (AvgIpc) is 3.50. The van der Waals surface area contributed by atoms with Crippen molar-refractivity contribution in [3.8, 4) is 23.1 Å². The van der Waals surface area contributed by atoms with Crippen LogP contribution in [0.4, 0.5) is 22.0 Å². The number of halogens is 5. The summed E-state index contributed by atoms with van der Waals surface area (Å²) in [6, 6.07) is 8.86. The van der Waals surface area contributed by atoms with E-state index in [4.69, 9.17) is 14.0 Å². The van der Waals surface area contributed by atoms with Crippen LogP contribution in [0, 0.1) is 17.6 Å². The molecule has 5 rings (SSSR count). The number of nitrogens with zero attached hydrogens (tertiary/aromatic N) is 4. The van der Waals surface area contributed by atoms with Gasteiger partial charge in [0.15, 0.2) is 23.2 Å². The predicted molar refractivity (Wildman–Crippen MR) is 142 cm³/mol. The van der Waals surface area contributed by atoms with E-state index in [0.29, 0.717) is 48.9 Å². The Hall–Kier alpha value is -4.42. The molecule has 2 aromatic carbocycles. The van der Waals surface area contributed by atoms with Crippen LogP contribution in [0.25, 0.3) is 11.6 Å². The van der Waals surface area contributed by atoms with Gasteiger partial charge in [0.1, 0.15) is 12.4 Å². The van der Waals surface area contributed by atoms with Gasteiger partial charge in [0.2, 0.25) is 17.5 Å². The number of methoxy groups -OCH3 is 1. The third-order valence-electron chi connectivity index (χ3n) is 7.46. The number of ether oxygens (including phenoxy) is 2. The first-order chi connectivity index (χ1) is 20.6. The molecule has 1 fully saturated rings. The van der Waals surface area contributed by atoms with Gasteiger partial charge in [-0.25, -0.2) is 18.7 Å². The average molecular weight is 603 g/mol. The van der Waals surface area contributed by atoms with Gasteiger partial charge in [-0.1, -0.05) is 17.3 Å². The number of hydrogen-bond acceptors (Lipinski definition) is 8. The van der Waals surface area contributed by atoms with Crippen LogP contribution in [0.5, 0.6) is 11.5 Å². The molecule has 0 spiro atoms. The second-order valence-electron chi connectivity index (χ2n) is 10.3. The van der Waals surface area contributed by atoms with Crippen LogP contribution < -0.4 is 9.47 Å². The van der Waals surface area contributed by atoms with Crippen molar-refractivity contribution in [2.75, 3.05) is 7.11 Å². The first-order valence-electron chi connectivity index (χ1n) is 13.6. The minimum Gasteiger partial charge on any atom is -0.497 e. The lowest BCUT2D eigenvalue weighted by molar-refractivity contribution is -0.138. The maximum absolute atomic E-state index is 14.7. The van der Waals surface area contributed by atoms with Crippen LogP contribution in [-0.2, 0) is 12.8 Å². The van der Waals surface area contributed by atoms with Crippen LogP contribution in [0.2, 0.25) is 0 Å². The highest BCUT2D eigenvalue weighted by atomic mass is 19.4. The summed E-state index contributed by atoms with van der Waals surface area (Å²) in [5, 5.41) is 3.81. The molecular weight excluding hydrogens is 575 g/mol. The molecule has 0 saturated heterocycles. The van der Waals surface area contributed by atoms with Crippen LogP contribution in [0.3, 0.4) is 0 Å². The van der Waals surface area contributed by atoms with Gasteiger partial charge in [0.05, 0.1) is 12.7 Å². The van der Waals surface area contributed by atoms with Crippen molar-refractivity contribution in [2.24, 2.45) is 5.92 Å². The monoisotopic (exact) mass is 602 g/mol. The summed E-state index contributed by atoms with van der Waals surface area (Å²) < 4.78 is 83.3. The van der Waals surface area contributed by atoms with Crippen molar-refractivity contribution >= 4 is 5.78 Å². The molecule has 1 aliphatic rings. The summed E-state index contributed by atoms with van der Waals surface area (Å²) in [5.41, 5.74) is -0.328. The number of Topliss-reactive ketones (excluding diaryl/α,β-unsaturated/α-hetero) is 1. The third-order valence-corrected chi connectivity index (χ3v) is 7.46. The standard InChI is InChI=1S/C30H27F5N4O4/c1-41-22-9-4-18(5-10-22)16-42-26-23(31)12-20(13-24(26)32)25(40)11-6-17-2-7-19(8-3-17)29-38-28(39-43-29)27-36-14-21(15-37-27)30(33,34)35/h4-5,9-10,12-15,17,19H,2-3,6-8,11,16H2,1H3. The largest absolute Gasteiger partial charge is 0.497 e. The second-order valence-corrected chi connectivity index (χ2v) is 10.3. The highest BCUT2D eigenvalue weighted by Crippen LogP contribution is 2.38. The molecule has 13 heteroatoms. The molecule has 0 bridgehead atoms. The molecule has 1 aliphatic carbocycles. The third kappa shape index (κ3) is 7.33. The lowest BCUT2D eigenvalue weighted by Crippen LogP contribution is -2.15. The summed E-state index contributed by atoms with van der Waals surface area (Å²) >= 11 is 0. The zero-order valence-corrected chi connectivity index (χ0v) is 23.0. The minimum absolute atomic E-state index is 0.00746. The predicted octanol–water partition coefficient (Wildman–Crippen LogP) is 7.35. The molecule has 0 radical (unpaired) electrons. The fourth-order valence-corrected chi connectivity index (χ4v) is 5.00. The number of aromatic nitrogens is 4. The van der Waals surface area contributed by atoms with E-state index in [-0.39, 0.29) is 47.9 Å².